The standard InChI is InChI=1S/C32H33N11O4S/c1-4-48(45,46)40-23-12-8-20(9-13-23)17-42-18-22(16-34-42)24-14-15-43-27(24)30(36-32(39-43)37-31(44)21-10-11-21)35-26-7-5-6-25(28(26)47-3)29-33-19-41(2)38-29/h5-9,12-16,18-19,21,40H,4,10-11,17H2,1-3H3,(H2,35,36,37,39,44). The number of hydrogen-bond donors (Lipinski definition) is 3. The van der Waals surface area contributed by atoms with E-state index >= 15 is 0 Å². The minimum atomic E-state index is -3.35. The van der Waals surface area contributed by atoms with E-state index in [9.17, 15) is 13.2 Å². The van der Waals surface area contributed by atoms with E-state index in [0.717, 1.165) is 29.5 Å². The quantitative estimate of drug-likeness (QED) is 0.171. The minimum Gasteiger partial charge on any atom is -0.494 e. The van der Waals surface area contributed by atoms with E-state index in [1.807, 2.05) is 48.8 Å². The second-order valence-corrected chi connectivity index (χ2v) is 13.5. The van der Waals surface area contributed by atoms with Crippen LogP contribution in [0.1, 0.15) is 25.3 Å². The SMILES string of the molecule is CCS(=O)(=O)Nc1ccc(Cn2cc(-c3ccn4nc(NC(=O)C5CC5)nc(Nc5cccc(-c6ncn(C)n6)c5OC)c34)cn2)cc1. The number of anilines is 4. The Kier molecular flexibility index (Phi) is 8.00. The van der Waals surface area contributed by atoms with Crippen molar-refractivity contribution < 1.29 is 17.9 Å². The van der Waals surface area contributed by atoms with Crippen molar-refractivity contribution in [2.45, 2.75) is 26.3 Å². The van der Waals surface area contributed by atoms with Crippen molar-refractivity contribution in [2.75, 3.05) is 28.2 Å². The molecule has 1 aliphatic carbocycles. The molecule has 7 rings (SSSR count). The number of benzene rings is 2. The third kappa shape index (κ3) is 6.42. The fraction of sp³-hybridized carbons (Fsp3) is 0.250. The Labute approximate surface area is 276 Å². The fourth-order valence-corrected chi connectivity index (χ4v) is 5.92. The number of para-hydroxylation sites is 1. The number of ether oxygens (including phenoxy) is 1. The first-order chi connectivity index (χ1) is 23.2. The number of nitrogens with one attached hydrogen (secondary N) is 3. The molecule has 1 fully saturated rings. The highest BCUT2D eigenvalue weighted by Gasteiger charge is 2.30. The third-order valence-electron chi connectivity index (χ3n) is 7.90. The van der Waals surface area contributed by atoms with Crippen LogP contribution in [-0.4, -0.2) is 66.3 Å². The molecular formula is C32H33N11O4S. The zero-order valence-electron chi connectivity index (χ0n) is 26.5. The van der Waals surface area contributed by atoms with Crippen LogP contribution in [0.3, 0.4) is 0 Å². The molecule has 6 aromatic rings. The average Bonchev–Trinajstić information content (AvgIpc) is 3.44. The predicted octanol–water partition coefficient (Wildman–Crippen LogP) is 4.30. The van der Waals surface area contributed by atoms with Gasteiger partial charge < -0.3 is 10.1 Å². The van der Waals surface area contributed by atoms with Crippen molar-refractivity contribution in [3.8, 4) is 28.3 Å². The Bertz CT molecular complexity index is 2240. The van der Waals surface area contributed by atoms with E-state index in [1.165, 1.54) is 0 Å². The largest absolute Gasteiger partial charge is 0.494 e. The lowest BCUT2D eigenvalue weighted by Crippen LogP contribution is -2.17. The van der Waals surface area contributed by atoms with Crippen LogP contribution >= 0.6 is 0 Å². The van der Waals surface area contributed by atoms with Crippen molar-refractivity contribution in [3.05, 3.63) is 79.0 Å². The summed E-state index contributed by atoms with van der Waals surface area (Å²) in [6, 6.07) is 14.7. The zero-order chi connectivity index (χ0) is 33.4. The van der Waals surface area contributed by atoms with Gasteiger partial charge >= 0.3 is 0 Å². The van der Waals surface area contributed by atoms with Gasteiger partial charge in [-0.3, -0.25) is 24.2 Å². The topological polar surface area (TPSA) is 175 Å². The molecule has 15 nitrogen and oxygen atoms in total. The molecule has 246 valence electrons. The number of amides is 1. The summed E-state index contributed by atoms with van der Waals surface area (Å²) in [4.78, 5) is 21.8. The summed E-state index contributed by atoms with van der Waals surface area (Å²) in [6.45, 7) is 2.06. The van der Waals surface area contributed by atoms with Gasteiger partial charge in [-0.05, 0) is 55.7 Å². The summed E-state index contributed by atoms with van der Waals surface area (Å²) in [7, 11) is 0.0250. The van der Waals surface area contributed by atoms with Gasteiger partial charge in [-0.15, -0.1) is 5.10 Å². The van der Waals surface area contributed by atoms with Gasteiger partial charge in [-0.2, -0.15) is 15.2 Å². The van der Waals surface area contributed by atoms with Gasteiger partial charge in [-0.25, -0.2) is 17.9 Å². The summed E-state index contributed by atoms with van der Waals surface area (Å²) in [5.41, 5.74) is 5.07. The first kappa shape index (κ1) is 30.9. The molecule has 0 radical (unpaired) electrons. The lowest BCUT2D eigenvalue weighted by Gasteiger charge is -2.15. The molecule has 0 unspecified atom stereocenters. The van der Waals surface area contributed by atoms with Gasteiger partial charge in [0.15, 0.2) is 17.4 Å². The van der Waals surface area contributed by atoms with Crippen molar-refractivity contribution >= 4 is 44.6 Å². The smallest absolute Gasteiger partial charge is 0.249 e. The van der Waals surface area contributed by atoms with Gasteiger partial charge in [0, 0.05) is 42.2 Å². The van der Waals surface area contributed by atoms with Crippen molar-refractivity contribution in [1.29, 1.82) is 0 Å². The Morgan fingerprint density at radius 2 is 1.88 bits per heavy atom. The van der Waals surface area contributed by atoms with Gasteiger partial charge in [0.25, 0.3) is 0 Å². The summed E-state index contributed by atoms with van der Waals surface area (Å²) < 4.78 is 37.3. The summed E-state index contributed by atoms with van der Waals surface area (Å²) in [5.74, 6) is 1.52. The molecule has 0 aliphatic heterocycles. The molecule has 1 saturated carbocycles. The number of aryl methyl sites for hydroxylation is 1. The Hall–Kier alpha value is -5.77. The lowest BCUT2D eigenvalue weighted by molar-refractivity contribution is -0.117. The van der Waals surface area contributed by atoms with Crippen LogP contribution in [0.25, 0.3) is 28.0 Å². The van der Waals surface area contributed by atoms with Crippen LogP contribution in [0.5, 0.6) is 5.75 Å². The average molecular weight is 668 g/mol. The highest BCUT2D eigenvalue weighted by molar-refractivity contribution is 7.92. The fourth-order valence-electron chi connectivity index (χ4n) is 5.28. The number of sulfonamides is 1. The summed E-state index contributed by atoms with van der Waals surface area (Å²) in [6.07, 6.45) is 8.82. The normalized spacial score (nSPS) is 13.1. The molecular weight excluding hydrogens is 634 g/mol. The molecule has 1 aliphatic rings. The number of carbonyl (C=O) groups excluding carboxylic acids is 1. The van der Waals surface area contributed by atoms with E-state index in [2.05, 4.69) is 35.6 Å². The molecule has 4 aromatic heterocycles. The molecule has 3 N–H and O–H groups in total. The Morgan fingerprint density at radius 3 is 2.58 bits per heavy atom. The molecule has 0 bridgehead atoms. The third-order valence-corrected chi connectivity index (χ3v) is 9.21. The van der Waals surface area contributed by atoms with Gasteiger partial charge in [0.2, 0.25) is 21.9 Å². The van der Waals surface area contributed by atoms with Gasteiger partial charge in [0.1, 0.15) is 11.8 Å². The maximum absolute atomic E-state index is 12.7. The second-order valence-electron chi connectivity index (χ2n) is 11.5. The number of nitrogens with zero attached hydrogens (tertiary/aromatic N) is 8. The molecule has 2 aromatic carbocycles. The first-order valence-corrected chi connectivity index (χ1v) is 17.0. The number of aromatic nitrogens is 8. The lowest BCUT2D eigenvalue weighted by atomic mass is 10.1. The van der Waals surface area contributed by atoms with Gasteiger partial charge in [0.05, 0.1) is 36.9 Å². The molecule has 4 heterocycles. The Morgan fingerprint density at radius 1 is 1.06 bits per heavy atom. The van der Waals surface area contributed by atoms with Crippen molar-refractivity contribution in [3.63, 3.8) is 0 Å². The molecule has 0 atom stereocenters. The second kappa shape index (κ2) is 12.4. The summed E-state index contributed by atoms with van der Waals surface area (Å²) >= 11 is 0. The van der Waals surface area contributed by atoms with Crippen LogP contribution < -0.4 is 20.1 Å². The maximum Gasteiger partial charge on any atom is 0.249 e. The van der Waals surface area contributed by atoms with Crippen LogP contribution in [0.15, 0.2) is 73.4 Å². The Balaban J connectivity index is 1.23. The van der Waals surface area contributed by atoms with Crippen molar-refractivity contribution in [1.82, 2.24) is 39.1 Å². The van der Waals surface area contributed by atoms with E-state index in [-0.39, 0.29) is 23.5 Å². The predicted molar refractivity (Wildman–Crippen MR) is 180 cm³/mol. The van der Waals surface area contributed by atoms with E-state index in [1.54, 1.807) is 59.6 Å². The van der Waals surface area contributed by atoms with Crippen LogP contribution in [-0.2, 0) is 28.4 Å². The number of rotatable bonds is 12. The highest BCUT2D eigenvalue weighted by atomic mass is 32.2. The molecule has 0 saturated heterocycles. The number of carbonyl (C=O) groups is 1. The highest BCUT2D eigenvalue weighted by Crippen LogP contribution is 2.39. The minimum absolute atomic E-state index is 0.000769. The van der Waals surface area contributed by atoms with E-state index < -0.39 is 10.0 Å². The molecule has 16 heteroatoms. The van der Waals surface area contributed by atoms with Gasteiger partial charge in [-0.1, -0.05) is 18.2 Å². The molecule has 0 spiro atoms. The monoisotopic (exact) mass is 667 g/mol. The number of fused-ring (bicyclic) bond motifs is 1. The van der Waals surface area contributed by atoms with Crippen molar-refractivity contribution in [2.24, 2.45) is 13.0 Å². The first-order valence-electron chi connectivity index (χ1n) is 15.3. The maximum atomic E-state index is 12.7. The van der Waals surface area contributed by atoms with Crippen LogP contribution in [0.4, 0.5) is 23.1 Å². The van der Waals surface area contributed by atoms with Crippen LogP contribution in [0.2, 0.25) is 0 Å². The number of methoxy groups -OCH3 is 1. The van der Waals surface area contributed by atoms with E-state index in [4.69, 9.17) is 9.72 Å². The van der Waals surface area contributed by atoms with Crippen LogP contribution in [0, 0.1) is 5.92 Å². The molecule has 1 amide bonds. The molecule has 48 heavy (non-hydrogen) atoms. The summed E-state index contributed by atoms with van der Waals surface area (Å²) in [5, 5.41) is 19.9. The zero-order valence-corrected chi connectivity index (χ0v) is 27.3. The van der Waals surface area contributed by atoms with E-state index in [0.29, 0.717) is 46.4 Å². The number of hydrogen-bond acceptors (Lipinski definition) is 10.